The molecule has 10 heteroatoms. The van der Waals surface area contributed by atoms with Crippen LogP contribution in [0.1, 0.15) is 18.7 Å². The number of hydrogen-bond donors (Lipinski definition) is 0. The number of ether oxygens (including phenoxy) is 2. The Morgan fingerprint density at radius 1 is 1.15 bits per heavy atom. The van der Waals surface area contributed by atoms with Gasteiger partial charge in [0.15, 0.2) is 16.8 Å². The average Bonchev–Trinajstić information content (AvgIpc) is 3.60. The minimum absolute atomic E-state index is 0.148. The van der Waals surface area contributed by atoms with Crippen LogP contribution in [0.3, 0.4) is 0 Å². The van der Waals surface area contributed by atoms with E-state index in [1.54, 1.807) is 13.2 Å². The van der Waals surface area contributed by atoms with Crippen LogP contribution in [-0.2, 0) is 17.0 Å². The number of methoxy groups -OCH3 is 1. The van der Waals surface area contributed by atoms with E-state index in [0.717, 1.165) is 41.7 Å². The van der Waals surface area contributed by atoms with Crippen LogP contribution in [0, 0.1) is 0 Å². The van der Waals surface area contributed by atoms with Crippen molar-refractivity contribution >= 4 is 23.4 Å². The molecule has 5 rings (SSSR count). The summed E-state index contributed by atoms with van der Waals surface area (Å²) < 4.78 is 18.7. The molecular weight excluding hydrogens is 462 g/mol. The highest BCUT2D eigenvalue weighted by Gasteiger charge is 2.22. The quantitative estimate of drug-likeness (QED) is 0.319. The van der Waals surface area contributed by atoms with Gasteiger partial charge >= 0.3 is 0 Å². The summed E-state index contributed by atoms with van der Waals surface area (Å²) >= 11 is 7.76. The van der Waals surface area contributed by atoms with Crippen LogP contribution in [0.25, 0.3) is 22.8 Å². The topological polar surface area (TPSA) is 88.1 Å². The number of benzene rings is 2. The maximum atomic E-state index is 6.25. The fourth-order valence-electron chi connectivity index (χ4n) is 3.69. The molecular formula is C23H22ClN5O3S. The maximum absolute atomic E-state index is 6.25. The summed E-state index contributed by atoms with van der Waals surface area (Å²) in [4.78, 5) is 4.49. The molecule has 1 fully saturated rings. The van der Waals surface area contributed by atoms with Crippen LogP contribution in [0.4, 0.5) is 0 Å². The van der Waals surface area contributed by atoms with Crippen LogP contribution in [0.15, 0.2) is 58.2 Å². The highest BCUT2D eigenvalue weighted by molar-refractivity contribution is 7.98. The van der Waals surface area contributed by atoms with Crippen molar-refractivity contribution in [2.24, 2.45) is 0 Å². The summed E-state index contributed by atoms with van der Waals surface area (Å²) in [5.74, 6) is 3.04. The zero-order valence-electron chi connectivity index (χ0n) is 18.0. The monoisotopic (exact) mass is 483 g/mol. The first-order valence-electron chi connectivity index (χ1n) is 10.6. The van der Waals surface area contributed by atoms with Gasteiger partial charge in [-0.3, -0.25) is 4.57 Å². The largest absolute Gasteiger partial charge is 0.497 e. The second kappa shape index (κ2) is 9.94. The van der Waals surface area contributed by atoms with Crippen molar-refractivity contribution in [3.05, 3.63) is 59.4 Å². The van der Waals surface area contributed by atoms with E-state index in [1.807, 2.05) is 42.5 Å². The van der Waals surface area contributed by atoms with E-state index >= 15 is 0 Å². The van der Waals surface area contributed by atoms with Crippen LogP contribution in [0.2, 0.25) is 5.02 Å². The van der Waals surface area contributed by atoms with Gasteiger partial charge in [-0.1, -0.05) is 40.7 Å². The van der Waals surface area contributed by atoms with E-state index in [2.05, 4.69) is 24.9 Å². The number of halogens is 1. The van der Waals surface area contributed by atoms with Gasteiger partial charge in [-0.15, -0.1) is 10.2 Å². The van der Waals surface area contributed by atoms with Crippen molar-refractivity contribution in [2.75, 3.05) is 13.7 Å². The minimum Gasteiger partial charge on any atom is -0.497 e. The lowest BCUT2D eigenvalue weighted by Crippen LogP contribution is -2.16. The maximum Gasteiger partial charge on any atom is 0.259 e. The lowest BCUT2D eigenvalue weighted by atomic mass is 10.2. The minimum atomic E-state index is 0.148. The Bertz CT molecular complexity index is 1220. The van der Waals surface area contributed by atoms with Crippen LogP contribution in [0.5, 0.6) is 5.75 Å². The molecule has 0 amide bonds. The molecule has 1 atom stereocenters. The molecule has 4 aromatic rings. The van der Waals surface area contributed by atoms with Crippen molar-refractivity contribution < 1.29 is 14.0 Å². The summed E-state index contributed by atoms with van der Waals surface area (Å²) in [7, 11) is 1.65. The molecule has 33 heavy (non-hydrogen) atoms. The molecule has 1 unspecified atom stereocenters. The van der Waals surface area contributed by atoms with E-state index in [9.17, 15) is 0 Å². The van der Waals surface area contributed by atoms with Gasteiger partial charge in [0.2, 0.25) is 0 Å². The standard InChI is InChI=1S/C23H22ClN5O3S/c1-30-16-10-8-15(9-11-16)21-26-27-23(29(21)13-17-5-4-12-31-17)33-14-20-25-22(32-28-20)18-6-2-3-7-19(18)24/h2-3,6-11,17H,4-5,12-14H2,1H3. The third-order valence-electron chi connectivity index (χ3n) is 5.38. The Morgan fingerprint density at radius 2 is 2.00 bits per heavy atom. The zero-order chi connectivity index (χ0) is 22.6. The second-order valence-corrected chi connectivity index (χ2v) is 8.91. The van der Waals surface area contributed by atoms with E-state index in [-0.39, 0.29) is 6.10 Å². The van der Waals surface area contributed by atoms with Crippen molar-refractivity contribution in [1.29, 1.82) is 0 Å². The Kier molecular flexibility index (Phi) is 6.61. The van der Waals surface area contributed by atoms with E-state index in [1.165, 1.54) is 11.8 Å². The molecule has 1 saturated heterocycles. The first-order chi connectivity index (χ1) is 16.2. The SMILES string of the molecule is COc1ccc(-c2nnc(SCc3noc(-c4ccccc4Cl)n3)n2CC2CCCO2)cc1. The fourth-order valence-corrected chi connectivity index (χ4v) is 4.70. The Balaban J connectivity index is 1.37. The number of rotatable bonds is 8. The van der Waals surface area contributed by atoms with E-state index in [0.29, 0.717) is 34.6 Å². The van der Waals surface area contributed by atoms with Gasteiger partial charge in [-0.05, 0) is 49.2 Å². The van der Waals surface area contributed by atoms with Crippen LogP contribution < -0.4 is 4.74 Å². The van der Waals surface area contributed by atoms with Gasteiger partial charge in [0, 0.05) is 12.2 Å². The van der Waals surface area contributed by atoms with Gasteiger partial charge in [0.1, 0.15) is 5.75 Å². The molecule has 0 spiro atoms. The Morgan fingerprint density at radius 3 is 2.76 bits per heavy atom. The smallest absolute Gasteiger partial charge is 0.259 e. The van der Waals surface area contributed by atoms with Crippen molar-refractivity contribution in [3.63, 3.8) is 0 Å². The summed E-state index contributed by atoms with van der Waals surface area (Å²) in [6.07, 6.45) is 2.24. The number of hydrogen-bond acceptors (Lipinski definition) is 8. The summed E-state index contributed by atoms with van der Waals surface area (Å²) in [6, 6.07) is 15.2. The molecule has 170 valence electrons. The number of nitrogens with zero attached hydrogens (tertiary/aromatic N) is 5. The number of thioether (sulfide) groups is 1. The molecule has 0 aliphatic carbocycles. The molecule has 0 saturated carbocycles. The van der Waals surface area contributed by atoms with Gasteiger partial charge in [-0.2, -0.15) is 4.98 Å². The normalized spacial score (nSPS) is 15.8. The molecule has 8 nitrogen and oxygen atoms in total. The van der Waals surface area contributed by atoms with E-state index < -0.39 is 0 Å². The highest BCUT2D eigenvalue weighted by atomic mass is 35.5. The third kappa shape index (κ3) is 4.90. The first kappa shape index (κ1) is 21.9. The molecule has 2 aromatic heterocycles. The van der Waals surface area contributed by atoms with Gasteiger partial charge < -0.3 is 14.0 Å². The van der Waals surface area contributed by atoms with Crippen molar-refractivity contribution in [2.45, 2.75) is 36.4 Å². The molecule has 3 heterocycles. The average molecular weight is 484 g/mol. The summed E-state index contributed by atoms with van der Waals surface area (Å²) in [5.41, 5.74) is 1.68. The predicted molar refractivity (Wildman–Crippen MR) is 125 cm³/mol. The Hall–Kier alpha value is -2.88. The lowest BCUT2D eigenvalue weighted by molar-refractivity contribution is 0.0953. The van der Waals surface area contributed by atoms with Crippen LogP contribution >= 0.6 is 23.4 Å². The zero-order valence-corrected chi connectivity index (χ0v) is 19.6. The summed E-state index contributed by atoms with van der Waals surface area (Å²) in [6.45, 7) is 1.48. The first-order valence-corrected chi connectivity index (χ1v) is 12.0. The van der Waals surface area contributed by atoms with Gasteiger partial charge in [0.25, 0.3) is 5.89 Å². The van der Waals surface area contributed by atoms with Crippen molar-refractivity contribution in [1.82, 2.24) is 24.9 Å². The van der Waals surface area contributed by atoms with Gasteiger partial charge in [0.05, 0.1) is 36.1 Å². The number of aromatic nitrogens is 5. The fraction of sp³-hybridized carbons (Fsp3) is 0.304. The van der Waals surface area contributed by atoms with Crippen LogP contribution in [-0.4, -0.2) is 44.7 Å². The molecule has 0 bridgehead atoms. The predicted octanol–water partition coefficient (Wildman–Crippen LogP) is 5.13. The molecule has 0 radical (unpaired) electrons. The third-order valence-corrected chi connectivity index (χ3v) is 6.67. The second-order valence-electron chi connectivity index (χ2n) is 7.56. The van der Waals surface area contributed by atoms with Gasteiger partial charge in [-0.25, -0.2) is 0 Å². The molecule has 2 aromatic carbocycles. The molecule has 1 aliphatic rings. The molecule has 1 aliphatic heterocycles. The Labute approximate surface area is 200 Å². The lowest BCUT2D eigenvalue weighted by Gasteiger charge is -2.14. The highest BCUT2D eigenvalue weighted by Crippen LogP contribution is 2.30. The van der Waals surface area contributed by atoms with E-state index in [4.69, 9.17) is 25.6 Å². The molecule has 0 N–H and O–H groups in total. The summed E-state index contributed by atoms with van der Waals surface area (Å²) in [5, 5.41) is 14.4. The van der Waals surface area contributed by atoms with Crippen molar-refractivity contribution in [3.8, 4) is 28.6 Å².